The second-order valence-electron chi connectivity index (χ2n) is 7.31. The molecular formula is C24H28F2O2. The molecule has 28 heavy (non-hydrogen) atoms. The van der Waals surface area contributed by atoms with Crippen LogP contribution in [0.2, 0.25) is 0 Å². The highest BCUT2D eigenvalue weighted by Crippen LogP contribution is 2.41. The average Bonchev–Trinajstić information content (AvgIpc) is 2.89. The Bertz CT molecular complexity index is 825. The van der Waals surface area contributed by atoms with E-state index >= 15 is 0 Å². The zero-order valence-electron chi connectivity index (χ0n) is 16.4. The fraction of sp³-hybridized carbons (Fsp3) is 0.417. The number of rotatable bonds is 8. The van der Waals surface area contributed by atoms with Crippen molar-refractivity contribution in [2.75, 3.05) is 13.7 Å². The number of halogens is 2. The maximum atomic E-state index is 15.0. The van der Waals surface area contributed by atoms with E-state index in [1.165, 1.54) is 24.8 Å². The van der Waals surface area contributed by atoms with Gasteiger partial charge in [0.1, 0.15) is 5.82 Å². The fourth-order valence-corrected chi connectivity index (χ4v) is 4.06. The van der Waals surface area contributed by atoms with Gasteiger partial charge in [-0.25, -0.2) is 8.78 Å². The van der Waals surface area contributed by atoms with Gasteiger partial charge in [0, 0.05) is 6.61 Å². The maximum absolute atomic E-state index is 15.0. The summed E-state index contributed by atoms with van der Waals surface area (Å²) in [6.07, 6.45) is 6.99. The van der Waals surface area contributed by atoms with Gasteiger partial charge in [0.2, 0.25) is 0 Å². The van der Waals surface area contributed by atoms with Gasteiger partial charge in [0.25, 0.3) is 0 Å². The van der Waals surface area contributed by atoms with Gasteiger partial charge in [-0.15, -0.1) is 0 Å². The van der Waals surface area contributed by atoms with E-state index in [0.29, 0.717) is 6.42 Å². The lowest BCUT2D eigenvalue weighted by atomic mass is 9.89. The molecule has 0 aliphatic heterocycles. The second-order valence-corrected chi connectivity index (χ2v) is 7.31. The molecule has 0 radical (unpaired) electrons. The van der Waals surface area contributed by atoms with Gasteiger partial charge in [-0.05, 0) is 84.6 Å². The number of aliphatic hydroxyl groups excluding tert-OH is 1. The van der Waals surface area contributed by atoms with Crippen molar-refractivity contribution in [2.24, 2.45) is 0 Å². The van der Waals surface area contributed by atoms with Crippen LogP contribution in [0.25, 0.3) is 11.1 Å². The van der Waals surface area contributed by atoms with Crippen molar-refractivity contribution >= 4 is 11.1 Å². The van der Waals surface area contributed by atoms with Gasteiger partial charge in [-0.1, -0.05) is 31.0 Å². The van der Waals surface area contributed by atoms with Crippen molar-refractivity contribution in [3.8, 4) is 5.75 Å². The van der Waals surface area contributed by atoms with Gasteiger partial charge in [0.05, 0.1) is 7.11 Å². The van der Waals surface area contributed by atoms with Crippen LogP contribution in [0.3, 0.4) is 0 Å². The van der Waals surface area contributed by atoms with Crippen LogP contribution < -0.4 is 4.74 Å². The van der Waals surface area contributed by atoms with Gasteiger partial charge < -0.3 is 9.84 Å². The van der Waals surface area contributed by atoms with E-state index in [0.717, 1.165) is 67.2 Å². The number of unbranched alkanes of at least 4 members (excludes halogenated alkanes) is 3. The highest BCUT2D eigenvalue weighted by molar-refractivity contribution is 5.92. The number of fused-ring (bicyclic) bond motifs is 1. The van der Waals surface area contributed by atoms with Crippen molar-refractivity contribution in [1.82, 2.24) is 0 Å². The van der Waals surface area contributed by atoms with Gasteiger partial charge >= 0.3 is 0 Å². The van der Waals surface area contributed by atoms with Gasteiger partial charge in [-0.3, -0.25) is 0 Å². The van der Waals surface area contributed by atoms with Crippen molar-refractivity contribution in [1.29, 1.82) is 0 Å². The quantitative estimate of drug-likeness (QED) is 0.550. The normalized spacial score (nSPS) is 14.0. The Morgan fingerprint density at radius 3 is 2.39 bits per heavy atom. The van der Waals surface area contributed by atoms with Crippen LogP contribution in [0.4, 0.5) is 8.78 Å². The highest BCUT2D eigenvalue weighted by atomic mass is 19.1. The van der Waals surface area contributed by atoms with Crippen molar-refractivity contribution in [3.63, 3.8) is 0 Å². The molecule has 3 rings (SSSR count). The zero-order chi connectivity index (χ0) is 19.9. The molecule has 0 spiro atoms. The van der Waals surface area contributed by atoms with E-state index in [1.54, 1.807) is 6.07 Å². The number of allylic oxidation sites excluding steroid dienone is 2. The number of methoxy groups -OCH3 is 1. The first-order chi connectivity index (χ1) is 13.7. The lowest BCUT2D eigenvalue weighted by Gasteiger charge is -2.17. The molecule has 0 unspecified atom stereocenters. The first kappa shape index (κ1) is 20.5. The summed E-state index contributed by atoms with van der Waals surface area (Å²) in [7, 11) is 1.49. The minimum absolute atomic E-state index is 0.220. The van der Waals surface area contributed by atoms with Crippen LogP contribution in [0.1, 0.15) is 61.6 Å². The van der Waals surface area contributed by atoms with E-state index in [4.69, 9.17) is 9.84 Å². The van der Waals surface area contributed by atoms with E-state index in [9.17, 15) is 8.78 Å². The summed E-state index contributed by atoms with van der Waals surface area (Å²) >= 11 is 0. The molecule has 1 aliphatic rings. The predicted octanol–water partition coefficient (Wildman–Crippen LogP) is 6.16. The Kier molecular flexibility index (Phi) is 7.21. The Labute approximate surface area is 165 Å². The maximum Gasteiger partial charge on any atom is 0.168 e. The number of hydrogen-bond acceptors (Lipinski definition) is 2. The molecule has 0 aromatic heterocycles. The minimum Gasteiger partial charge on any atom is -0.494 e. The summed E-state index contributed by atoms with van der Waals surface area (Å²) in [6, 6.07) is 10.3. The van der Waals surface area contributed by atoms with E-state index in [1.807, 2.05) is 18.2 Å². The molecule has 0 fully saturated rings. The third-order valence-electron chi connectivity index (χ3n) is 5.50. The highest BCUT2D eigenvalue weighted by Gasteiger charge is 2.22. The Balaban J connectivity index is 2.02. The molecule has 0 saturated carbocycles. The molecule has 0 amide bonds. The predicted molar refractivity (Wildman–Crippen MR) is 109 cm³/mol. The largest absolute Gasteiger partial charge is 0.494 e. The molecule has 150 valence electrons. The van der Waals surface area contributed by atoms with Crippen LogP contribution in [-0.2, 0) is 6.42 Å². The van der Waals surface area contributed by atoms with E-state index < -0.39 is 0 Å². The average molecular weight is 386 g/mol. The standard InChI is InChI=1S/C24H28F2O2/c1-28-23-15-14-21-20(7-4-2-3-5-16-27)19(8-6-9-22(21)24(23)26)17-10-12-18(25)13-11-17/h10-15,27H,2-9,16H2,1H3. The first-order valence-electron chi connectivity index (χ1n) is 10.1. The number of ether oxygens (including phenoxy) is 1. The van der Waals surface area contributed by atoms with E-state index in [-0.39, 0.29) is 24.0 Å². The van der Waals surface area contributed by atoms with Crippen molar-refractivity contribution < 1.29 is 18.6 Å². The van der Waals surface area contributed by atoms with Crippen LogP contribution in [0.5, 0.6) is 5.75 Å². The Hall–Kier alpha value is -2.20. The molecular weight excluding hydrogens is 358 g/mol. The summed E-state index contributed by atoms with van der Waals surface area (Å²) < 4.78 is 33.6. The summed E-state index contributed by atoms with van der Waals surface area (Å²) in [5, 5.41) is 8.98. The molecule has 0 bridgehead atoms. The van der Waals surface area contributed by atoms with E-state index in [2.05, 4.69) is 0 Å². The topological polar surface area (TPSA) is 29.5 Å². The molecule has 2 aromatic rings. The summed E-state index contributed by atoms with van der Waals surface area (Å²) in [6.45, 7) is 0.220. The summed E-state index contributed by atoms with van der Waals surface area (Å²) in [4.78, 5) is 0. The van der Waals surface area contributed by atoms with Crippen LogP contribution in [0, 0.1) is 11.6 Å². The molecule has 1 N–H and O–H groups in total. The third-order valence-corrected chi connectivity index (χ3v) is 5.50. The zero-order valence-corrected chi connectivity index (χ0v) is 16.4. The molecule has 0 heterocycles. The molecule has 0 saturated heterocycles. The lowest BCUT2D eigenvalue weighted by Crippen LogP contribution is -2.00. The fourth-order valence-electron chi connectivity index (χ4n) is 4.06. The Morgan fingerprint density at radius 1 is 0.929 bits per heavy atom. The van der Waals surface area contributed by atoms with Crippen LogP contribution in [-0.4, -0.2) is 18.8 Å². The first-order valence-corrected chi connectivity index (χ1v) is 10.1. The Morgan fingerprint density at radius 2 is 1.68 bits per heavy atom. The molecule has 0 atom stereocenters. The van der Waals surface area contributed by atoms with Gasteiger partial charge in [0.15, 0.2) is 11.6 Å². The van der Waals surface area contributed by atoms with Gasteiger partial charge in [-0.2, -0.15) is 0 Å². The number of benzene rings is 2. The molecule has 2 aromatic carbocycles. The molecule has 1 aliphatic carbocycles. The summed E-state index contributed by atoms with van der Waals surface area (Å²) in [5.41, 5.74) is 5.03. The third kappa shape index (κ3) is 4.61. The lowest BCUT2D eigenvalue weighted by molar-refractivity contribution is 0.282. The number of aliphatic hydroxyl groups is 1. The number of hydrogen-bond donors (Lipinski definition) is 1. The molecule has 4 heteroatoms. The second kappa shape index (κ2) is 9.83. The smallest absolute Gasteiger partial charge is 0.168 e. The van der Waals surface area contributed by atoms with Crippen molar-refractivity contribution in [3.05, 3.63) is 64.7 Å². The van der Waals surface area contributed by atoms with Crippen LogP contribution >= 0.6 is 0 Å². The molecule has 2 nitrogen and oxygen atoms in total. The van der Waals surface area contributed by atoms with Crippen LogP contribution in [0.15, 0.2) is 36.4 Å². The summed E-state index contributed by atoms with van der Waals surface area (Å²) in [5.74, 6) is -0.232. The minimum atomic E-state index is -0.266. The monoisotopic (exact) mass is 386 g/mol. The van der Waals surface area contributed by atoms with Crippen molar-refractivity contribution in [2.45, 2.75) is 51.4 Å². The SMILES string of the molecule is COc1ccc2c(c1F)CCCC(c1ccc(F)cc1)=C2CCCCCCO.